The molecule has 2 aliphatic heterocycles. The van der Waals surface area contributed by atoms with Gasteiger partial charge in [-0.1, -0.05) is 12.1 Å². The van der Waals surface area contributed by atoms with E-state index in [1.54, 1.807) is 0 Å². The van der Waals surface area contributed by atoms with Gasteiger partial charge in [0, 0.05) is 17.8 Å². The van der Waals surface area contributed by atoms with Crippen molar-refractivity contribution in [1.29, 1.82) is 0 Å². The van der Waals surface area contributed by atoms with Crippen LogP contribution in [0.1, 0.15) is 36.4 Å². The highest BCUT2D eigenvalue weighted by Gasteiger charge is 2.25. The minimum absolute atomic E-state index is 0.104. The molecule has 1 aromatic carbocycles. The van der Waals surface area contributed by atoms with Crippen molar-refractivity contribution in [3.8, 4) is 11.4 Å². The number of H-pyrrole nitrogens is 1. The first-order chi connectivity index (χ1) is 9.33. The van der Waals surface area contributed by atoms with Gasteiger partial charge in [-0.25, -0.2) is 4.98 Å². The smallest absolute Gasteiger partial charge is 0.140 e. The lowest BCUT2D eigenvalue weighted by atomic mass is 9.99. The van der Waals surface area contributed by atoms with Crippen LogP contribution in [-0.4, -0.2) is 16.5 Å². The van der Waals surface area contributed by atoms with Gasteiger partial charge in [0.05, 0.1) is 24.1 Å². The quantitative estimate of drug-likeness (QED) is 0.823. The summed E-state index contributed by atoms with van der Waals surface area (Å²) in [6.45, 7) is 3.74. The SMILES string of the molecule is CC1OCc2[nH]c(-c3cccc4c3NCCC4)nc21. The minimum atomic E-state index is 0.104. The number of hydrogen-bond donors (Lipinski definition) is 2. The van der Waals surface area contributed by atoms with Crippen LogP contribution in [0, 0.1) is 0 Å². The second kappa shape index (κ2) is 4.10. The molecule has 0 saturated carbocycles. The number of anilines is 1. The van der Waals surface area contributed by atoms with E-state index in [9.17, 15) is 0 Å². The fourth-order valence-electron chi connectivity index (χ4n) is 2.99. The molecule has 0 bridgehead atoms. The average Bonchev–Trinajstić information content (AvgIpc) is 3.01. The Balaban J connectivity index is 1.83. The third-order valence-electron chi connectivity index (χ3n) is 4.00. The van der Waals surface area contributed by atoms with Crippen LogP contribution < -0.4 is 5.32 Å². The maximum atomic E-state index is 5.56. The zero-order valence-electron chi connectivity index (χ0n) is 11.0. The minimum Gasteiger partial charge on any atom is -0.384 e. The molecular weight excluding hydrogens is 238 g/mol. The molecule has 3 heterocycles. The van der Waals surface area contributed by atoms with Crippen LogP contribution in [0.5, 0.6) is 0 Å². The van der Waals surface area contributed by atoms with Crippen molar-refractivity contribution in [1.82, 2.24) is 9.97 Å². The number of imidazole rings is 1. The van der Waals surface area contributed by atoms with E-state index in [4.69, 9.17) is 9.72 Å². The molecule has 4 heteroatoms. The van der Waals surface area contributed by atoms with Gasteiger partial charge in [0.1, 0.15) is 5.82 Å². The Hall–Kier alpha value is -1.81. The summed E-state index contributed by atoms with van der Waals surface area (Å²) < 4.78 is 5.56. The molecule has 0 radical (unpaired) electrons. The van der Waals surface area contributed by atoms with E-state index in [2.05, 4.69) is 35.4 Å². The summed E-state index contributed by atoms with van der Waals surface area (Å²) in [5.41, 5.74) is 6.00. The van der Waals surface area contributed by atoms with E-state index in [-0.39, 0.29) is 6.10 Å². The summed E-state index contributed by atoms with van der Waals surface area (Å²) in [5.74, 6) is 0.964. The van der Waals surface area contributed by atoms with Crippen molar-refractivity contribution >= 4 is 5.69 Å². The maximum absolute atomic E-state index is 5.56. The van der Waals surface area contributed by atoms with Crippen LogP contribution in [0.3, 0.4) is 0 Å². The number of nitrogens with zero attached hydrogens (tertiary/aromatic N) is 1. The number of ether oxygens (including phenoxy) is 1. The third-order valence-corrected chi connectivity index (χ3v) is 4.00. The number of aromatic amines is 1. The van der Waals surface area contributed by atoms with Gasteiger partial charge in [-0.2, -0.15) is 0 Å². The Labute approximate surface area is 112 Å². The number of aryl methyl sites for hydroxylation is 1. The van der Waals surface area contributed by atoms with Crippen molar-refractivity contribution in [3.63, 3.8) is 0 Å². The highest BCUT2D eigenvalue weighted by atomic mass is 16.5. The fourth-order valence-corrected chi connectivity index (χ4v) is 2.99. The first-order valence-electron chi connectivity index (χ1n) is 6.89. The largest absolute Gasteiger partial charge is 0.384 e. The molecule has 19 heavy (non-hydrogen) atoms. The number of para-hydroxylation sites is 1. The topological polar surface area (TPSA) is 49.9 Å². The van der Waals surface area contributed by atoms with Crippen molar-refractivity contribution in [2.75, 3.05) is 11.9 Å². The Kier molecular flexibility index (Phi) is 2.38. The van der Waals surface area contributed by atoms with Crippen LogP contribution in [0.25, 0.3) is 11.4 Å². The van der Waals surface area contributed by atoms with Gasteiger partial charge < -0.3 is 15.0 Å². The second-order valence-corrected chi connectivity index (χ2v) is 5.27. The standard InChI is InChI=1S/C15H17N3O/c1-9-13-12(8-19-9)17-15(18-13)11-6-2-4-10-5-3-7-16-14(10)11/h2,4,6,9,16H,3,5,7-8H2,1H3,(H,17,18). The Morgan fingerprint density at radius 2 is 2.32 bits per heavy atom. The predicted molar refractivity (Wildman–Crippen MR) is 74.0 cm³/mol. The Bertz CT molecular complexity index is 632. The van der Waals surface area contributed by atoms with Crippen molar-refractivity contribution in [3.05, 3.63) is 35.2 Å². The molecule has 0 saturated heterocycles. The van der Waals surface area contributed by atoms with Gasteiger partial charge in [-0.15, -0.1) is 0 Å². The first kappa shape index (κ1) is 11.1. The molecule has 0 aliphatic carbocycles. The molecule has 98 valence electrons. The van der Waals surface area contributed by atoms with Crippen LogP contribution >= 0.6 is 0 Å². The zero-order valence-corrected chi connectivity index (χ0v) is 11.0. The first-order valence-corrected chi connectivity index (χ1v) is 6.89. The van der Waals surface area contributed by atoms with Gasteiger partial charge in [-0.3, -0.25) is 0 Å². The van der Waals surface area contributed by atoms with E-state index in [0.29, 0.717) is 6.61 Å². The summed E-state index contributed by atoms with van der Waals surface area (Å²) in [6, 6.07) is 6.46. The van der Waals surface area contributed by atoms with Crippen LogP contribution in [-0.2, 0) is 17.8 Å². The summed E-state index contributed by atoms with van der Waals surface area (Å²) in [5, 5.41) is 3.51. The van der Waals surface area contributed by atoms with Gasteiger partial charge in [0.25, 0.3) is 0 Å². The Morgan fingerprint density at radius 1 is 1.37 bits per heavy atom. The molecule has 1 unspecified atom stereocenters. The second-order valence-electron chi connectivity index (χ2n) is 5.27. The van der Waals surface area contributed by atoms with Crippen LogP contribution in [0.15, 0.2) is 18.2 Å². The molecule has 1 aromatic heterocycles. The molecule has 2 aromatic rings. The summed E-state index contributed by atoms with van der Waals surface area (Å²) >= 11 is 0. The van der Waals surface area contributed by atoms with E-state index < -0.39 is 0 Å². The predicted octanol–water partition coefficient (Wildman–Crippen LogP) is 3.03. The maximum Gasteiger partial charge on any atom is 0.140 e. The van der Waals surface area contributed by atoms with Gasteiger partial charge in [0.2, 0.25) is 0 Å². The lowest BCUT2D eigenvalue weighted by Crippen LogP contribution is -2.12. The highest BCUT2D eigenvalue weighted by Crippen LogP contribution is 2.36. The highest BCUT2D eigenvalue weighted by molar-refractivity contribution is 5.77. The fraction of sp³-hybridized carbons (Fsp3) is 0.400. The molecule has 0 fully saturated rings. The zero-order chi connectivity index (χ0) is 12.8. The lowest BCUT2D eigenvalue weighted by Gasteiger charge is -2.20. The van der Waals surface area contributed by atoms with Gasteiger partial charge in [0.15, 0.2) is 0 Å². The van der Waals surface area contributed by atoms with E-state index in [1.165, 1.54) is 23.2 Å². The molecule has 0 spiro atoms. The number of benzene rings is 1. The Morgan fingerprint density at radius 3 is 3.21 bits per heavy atom. The number of rotatable bonds is 1. The molecule has 4 nitrogen and oxygen atoms in total. The van der Waals surface area contributed by atoms with E-state index in [1.807, 2.05) is 0 Å². The normalized spacial score (nSPS) is 20.8. The van der Waals surface area contributed by atoms with Gasteiger partial charge in [-0.05, 0) is 31.4 Å². The number of aromatic nitrogens is 2. The summed E-state index contributed by atoms with van der Waals surface area (Å²) in [4.78, 5) is 8.14. The number of hydrogen-bond acceptors (Lipinski definition) is 3. The summed E-state index contributed by atoms with van der Waals surface area (Å²) in [7, 11) is 0. The number of nitrogens with one attached hydrogen (secondary N) is 2. The molecule has 2 aliphatic rings. The number of fused-ring (bicyclic) bond motifs is 2. The monoisotopic (exact) mass is 255 g/mol. The summed E-state index contributed by atoms with van der Waals surface area (Å²) in [6.07, 6.45) is 2.46. The molecule has 4 rings (SSSR count). The van der Waals surface area contributed by atoms with E-state index in [0.717, 1.165) is 30.2 Å². The molecule has 0 amide bonds. The lowest BCUT2D eigenvalue weighted by molar-refractivity contribution is 0.0762. The van der Waals surface area contributed by atoms with Crippen LogP contribution in [0.4, 0.5) is 5.69 Å². The van der Waals surface area contributed by atoms with Crippen molar-refractivity contribution in [2.24, 2.45) is 0 Å². The van der Waals surface area contributed by atoms with Crippen LogP contribution in [0.2, 0.25) is 0 Å². The van der Waals surface area contributed by atoms with Crippen molar-refractivity contribution in [2.45, 2.75) is 32.5 Å². The molecular formula is C15H17N3O. The third kappa shape index (κ3) is 1.67. The molecule has 2 N–H and O–H groups in total. The van der Waals surface area contributed by atoms with E-state index >= 15 is 0 Å². The average molecular weight is 255 g/mol. The van der Waals surface area contributed by atoms with Gasteiger partial charge >= 0.3 is 0 Å². The van der Waals surface area contributed by atoms with Crippen molar-refractivity contribution < 1.29 is 4.74 Å². The molecule has 1 atom stereocenters.